The van der Waals surface area contributed by atoms with Gasteiger partial charge in [0.1, 0.15) is 29.7 Å². The average molecular weight is 417 g/mol. The molecular formula is C20H23N3O7. The molecule has 2 aliphatic rings. The van der Waals surface area contributed by atoms with Crippen LogP contribution in [0.1, 0.15) is 24.8 Å². The maximum absolute atomic E-state index is 12.9. The van der Waals surface area contributed by atoms with E-state index < -0.39 is 47.6 Å². The molecule has 1 aromatic rings. The van der Waals surface area contributed by atoms with Gasteiger partial charge in [0.15, 0.2) is 0 Å². The summed E-state index contributed by atoms with van der Waals surface area (Å²) in [6.45, 7) is -0.0879. The lowest BCUT2D eigenvalue weighted by Gasteiger charge is -2.34. The van der Waals surface area contributed by atoms with Crippen LogP contribution < -0.4 is 15.8 Å². The van der Waals surface area contributed by atoms with Gasteiger partial charge in [0.2, 0.25) is 5.91 Å². The first kappa shape index (κ1) is 21.2. The number of benzene rings is 1. The number of hydrogen-bond acceptors (Lipinski definition) is 6. The number of aliphatic carboxylic acids is 1. The Morgan fingerprint density at radius 3 is 2.43 bits per heavy atom. The Morgan fingerprint density at radius 2 is 1.87 bits per heavy atom. The van der Waals surface area contributed by atoms with Crippen molar-refractivity contribution < 1.29 is 34.1 Å². The average Bonchev–Trinajstić information content (AvgIpc) is 3.52. The Labute approximate surface area is 172 Å². The number of amides is 3. The number of aliphatic hydroxyl groups excluding tert-OH is 1. The number of ether oxygens (including phenoxy) is 1. The molecule has 1 saturated carbocycles. The number of carboxylic acid groups (broad SMARTS) is 1. The minimum Gasteiger partial charge on any atom is -0.511 e. The van der Waals surface area contributed by atoms with Crippen LogP contribution in [0, 0.1) is 5.92 Å². The number of primary amides is 1. The highest BCUT2D eigenvalue weighted by molar-refractivity contribution is 6.20. The molecule has 0 unspecified atom stereocenters. The fourth-order valence-corrected chi connectivity index (χ4v) is 3.10. The zero-order chi connectivity index (χ0) is 21.8. The fraction of sp³-hybridized carbons (Fsp3) is 0.400. The number of carbonyl (C=O) groups is 4. The van der Waals surface area contributed by atoms with Crippen molar-refractivity contribution in [3.05, 3.63) is 41.2 Å². The molecule has 10 heteroatoms. The molecule has 1 aliphatic heterocycles. The van der Waals surface area contributed by atoms with Crippen LogP contribution >= 0.6 is 0 Å². The number of nitrogens with one attached hydrogen (secondary N) is 1. The summed E-state index contributed by atoms with van der Waals surface area (Å²) in [5.41, 5.74) is 5.46. The van der Waals surface area contributed by atoms with E-state index in [9.17, 15) is 24.3 Å². The predicted molar refractivity (Wildman–Crippen MR) is 103 cm³/mol. The van der Waals surface area contributed by atoms with Gasteiger partial charge in [0.05, 0.1) is 6.61 Å². The lowest BCUT2D eigenvalue weighted by atomic mass is 9.97. The van der Waals surface area contributed by atoms with Gasteiger partial charge in [-0.15, -0.1) is 0 Å². The van der Waals surface area contributed by atoms with Gasteiger partial charge < -0.3 is 30.9 Å². The van der Waals surface area contributed by atoms with E-state index in [2.05, 4.69) is 0 Å². The number of nitrogens with two attached hydrogens (primary N) is 1. The molecule has 0 radical (unpaired) electrons. The summed E-state index contributed by atoms with van der Waals surface area (Å²) in [4.78, 5) is 48.7. The lowest BCUT2D eigenvalue weighted by molar-refractivity contribution is -0.141. The van der Waals surface area contributed by atoms with E-state index in [0.717, 1.165) is 4.90 Å². The highest BCUT2D eigenvalue weighted by Gasteiger charge is 2.40. The Hall–Kier alpha value is -3.56. The summed E-state index contributed by atoms with van der Waals surface area (Å²) >= 11 is 0. The molecule has 1 atom stereocenters. The summed E-state index contributed by atoms with van der Waals surface area (Å²) in [5, 5.41) is 20.9. The summed E-state index contributed by atoms with van der Waals surface area (Å²) < 4.78 is 5.67. The predicted octanol–water partition coefficient (Wildman–Crippen LogP) is 0.0745. The molecule has 5 N–H and O–H groups in total. The first-order valence-corrected chi connectivity index (χ1v) is 9.50. The number of nitrogens with zero attached hydrogens (tertiary/aromatic N) is 1. The number of aliphatic hydroxyl groups is 1. The van der Waals surface area contributed by atoms with E-state index in [4.69, 9.17) is 15.6 Å². The molecule has 1 aliphatic carbocycles. The smallest absolute Gasteiger partial charge is 0.322 e. The van der Waals surface area contributed by atoms with E-state index in [1.54, 1.807) is 24.3 Å². The van der Waals surface area contributed by atoms with Gasteiger partial charge in [-0.25, -0.2) is 0 Å². The van der Waals surface area contributed by atoms with Crippen molar-refractivity contribution in [2.24, 2.45) is 11.7 Å². The van der Waals surface area contributed by atoms with Gasteiger partial charge in [-0.2, -0.15) is 0 Å². The van der Waals surface area contributed by atoms with E-state index in [1.165, 1.54) is 12.8 Å². The number of carbonyl (C=O) groups excluding carboxylic acids is 3. The monoisotopic (exact) mass is 417 g/mol. The number of hydrogen-bond donors (Lipinski definition) is 4. The van der Waals surface area contributed by atoms with E-state index in [0.29, 0.717) is 23.8 Å². The van der Waals surface area contributed by atoms with Crippen molar-refractivity contribution in [2.45, 2.75) is 31.8 Å². The van der Waals surface area contributed by atoms with Crippen LogP contribution in [0.3, 0.4) is 0 Å². The molecular weight excluding hydrogens is 394 g/mol. The molecule has 0 spiro atoms. The lowest BCUT2D eigenvalue weighted by Crippen LogP contribution is -2.53. The molecule has 3 rings (SSSR count). The van der Waals surface area contributed by atoms with Crippen molar-refractivity contribution in [1.29, 1.82) is 0 Å². The molecule has 0 saturated heterocycles. The molecule has 30 heavy (non-hydrogen) atoms. The second-order valence-electron chi connectivity index (χ2n) is 7.35. The third-order valence-corrected chi connectivity index (χ3v) is 4.94. The summed E-state index contributed by atoms with van der Waals surface area (Å²) in [6.07, 6.45) is 2.01. The van der Waals surface area contributed by atoms with Crippen LogP contribution in [-0.4, -0.2) is 58.0 Å². The number of rotatable bonds is 9. The van der Waals surface area contributed by atoms with Crippen molar-refractivity contribution in [3.63, 3.8) is 0 Å². The van der Waals surface area contributed by atoms with Crippen molar-refractivity contribution in [1.82, 2.24) is 10.2 Å². The zero-order valence-electron chi connectivity index (χ0n) is 16.2. The Morgan fingerprint density at radius 1 is 1.20 bits per heavy atom. The van der Waals surface area contributed by atoms with Crippen LogP contribution in [0.5, 0.6) is 5.75 Å². The Kier molecular flexibility index (Phi) is 6.24. The van der Waals surface area contributed by atoms with Gasteiger partial charge in [-0.1, -0.05) is 12.1 Å². The zero-order valence-corrected chi connectivity index (χ0v) is 16.2. The Balaban J connectivity index is 1.75. The van der Waals surface area contributed by atoms with Crippen LogP contribution in [0.15, 0.2) is 35.6 Å². The maximum Gasteiger partial charge on any atom is 0.322 e. The summed E-state index contributed by atoms with van der Waals surface area (Å²) in [6, 6.07) is 5.82. The first-order chi connectivity index (χ1) is 14.3. The van der Waals surface area contributed by atoms with Gasteiger partial charge >= 0.3 is 5.97 Å². The van der Waals surface area contributed by atoms with Gasteiger partial charge in [0.25, 0.3) is 11.8 Å². The maximum atomic E-state index is 12.9. The standard InChI is InChI=1S/C20H23N3O7/c21-18(27)14-7-15(24)17(19(28)22-8-16(25)26)20(29)23(14)9-11-3-5-13(6-4-11)30-10-12-1-2-12/h3-6,12,14,24H,1-2,7-10H2,(H2,21,27)(H,22,28)(H,25,26)/t14-/m0/s1. The van der Waals surface area contributed by atoms with Crippen LogP contribution in [0.4, 0.5) is 0 Å². The molecule has 3 amide bonds. The molecule has 1 aromatic carbocycles. The van der Waals surface area contributed by atoms with Crippen molar-refractivity contribution >= 4 is 23.7 Å². The van der Waals surface area contributed by atoms with E-state index >= 15 is 0 Å². The molecule has 0 aromatic heterocycles. The quantitative estimate of drug-likeness (QED) is 0.414. The minimum absolute atomic E-state index is 0.0294. The first-order valence-electron chi connectivity index (χ1n) is 9.50. The second kappa shape index (κ2) is 8.85. The SMILES string of the molecule is NC(=O)[C@@H]1CC(O)=C(C(=O)NCC(=O)O)C(=O)N1Cc1ccc(OCC2CC2)cc1. The van der Waals surface area contributed by atoms with Gasteiger partial charge in [-0.3, -0.25) is 19.2 Å². The Bertz CT molecular complexity index is 890. The highest BCUT2D eigenvalue weighted by Crippen LogP contribution is 2.30. The molecule has 160 valence electrons. The third kappa shape index (κ3) is 5.07. The van der Waals surface area contributed by atoms with Crippen LogP contribution in [0.25, 0.3) is 0 Å². The minimum atomic E-state index is -1.30. The van der Waals surface area contributed by atoms with Gasteiger partial charge in [-0.05, 0) is 36.5 Å². The largest absolute Gasteiger partial charge is 0.511 e. The van der Waals surface area contributed by atoms with Crippen molar-refractivity contribution in [2.75, 3.05) is 13.2 Å². The molecule has 0 bridgehead atoms. The van der Waals surface area contributed by atoms with Gasteiger partial charge in [0, 0.05) is 13.0 Å². The molecule has 1 fully saturated rings. The van der Waals surface area contributed by atoms with E-state index in [1.807, 2.05) is 5.32 Å². The highest BCUT2D eigenvalue weighted by atomic mass is 16.5. The van der Waals surface area contributed by atoms with Crippen LogP contribution in [-0.2, 0) is 25.7 Å². The normalized spacial score (nSPS) is 18.9. The van der Waals surface area contributed by atoms with E-state index in [-0.39, 0.29) is 13.0 Å². The van der Waals surface area contributed by atoms with Crippen LogP contribution in [0.2, 0.25) is 0 Å². The molecule has 1 heterocycles. The fourth-order valence-electron chi connectivity index (χ4n) is 3.10. The summed E-state index contributed by atoms with van der Waals surface area (Å²) in [5.74, 6) is -3.37. The third-order valence-electron chi connectivity index (χ3n) is 4.94. The van der Waals surface area contributed by atoms with Crippen molar-refractivity contribution in [3.8, 4) is 5.75 Å². The summed E-state index contributed by atoms with van der Waals surface area (Å²) in [7, 11) is 0. The molecule has 10 nitrogen and oxygen atoms in total. The second-order valence-corrected chi connectivity index (χ2v) is 7.35. The number of carboxylic acids is 1. The topological polar surface area (TPSA) is 159 Å².